The van der Waals surface area contributed by atoms with Crippen LogP contribution in [0.3, 0.4) is 0 Å². The molecule has 1 N–H and O–H groups in total. The van der Waals surface area contributed by atoms with Gasteiger partial charge in [-0.05, 0) is 36.8 Å². The number of hydrogen-bond acceptors (Lipinski definition) is 5. The van der Waals surface area contributed by atoms with Gasteiger partial charge in [0, 0.05) is 6.20 Å². The van der Waals surface area contributed by atoms with Crippen molar-refractivity contribution in [3.8, 4) is 0 Å². The van der Waals surface area contributed by atoms with Crippen molar-refractivity contribution in [2.45, 2.75) is 13.5 Å². The van der Waals surface area contributed by atoms with Gasteiger partial charge in [-0.15, -0.1) is 0 Å². The molecule has 0 saturated carbocycles. The first-order chi connectivity index (χ1) is 11.2. The molecule has 4 rings (SSSR count). The highest BCUT2D eigenvalue weighted by Crippen LogP contribution is 2.16. The lowest BCUT2D eigenvalue weighted by Gasteiger charge is -2.03. The summed E-state index contributed by atoms with van der Waals surface area (Å²) >= 11 is 0. The summed E-state index contributed by atoms with van der Waals surface area (Å²) in [6, 6.07) is 11.1. The number of aromatic amines is 1. The fraction of sp³-hybridized carbons (Fsp3) is 0.125. The minimum absolute atomic E-state index is 0.159. The number of rotatable bonds is 3. The van der Waals surface area contributed by atoms with Crippen LogP contribution in [0.4, 0.5) is 0 Å². The van der Waals surface area contributed by atoms with Crippen LogP contribution in [0.2, 0.25) is 0 Å². The van der Waals surface area contributed by atoms with E-state index in [0.717, 1.165) is 27.9 Å². The molecule has 0 aliphatic carbocycles. The third-order valence-electron chi connectivity index (χ3n) is 3.67. The van der Waals surface area contributed by atoms with Gasteiger partial charge >= 0.3 is 5.97 Å². The molecule has 3 aromatic heterocycles. The number of carbonyl (C=O) groups is 1. The summed E-state index contributed by atoms with van der Waals surface area (Å²) in [5, 5.41) is 10.6. The van der Waals surface area contributed by atoms with Crippen molar-refractivity contribution in [3.63, 3.8) is 0 Å². The number of aryl methyl sites for hydroxylation is 1. The number of carbonyl (C=O) groups excluding carboxylic acids is 1. The van der Waals surface area contributed by atoms with Gasteiger partial charge in [-0.1, -0.05) is 12.1 Å². The molecule has 0 unspecified atom stereocenters. The molecule has 0 spiro atoms. The first-order valence-corrected chi connectivity index (χ1v) is 7.12. The quantitative estimate of drug-likeness (QED) is 0.587. The van der Waals surface area contributed by atoms with Gasteiger partial charge in [0.15, 0.2) is 5.69 Å². The Labute approximate surface area is 130 Å². The van der Waals surface area contributed by atoms with Crippen LogP contribution in [0.5, 0.6) is 0 Å². The van der Waals surface area contributed by atoms with Crippen molar-refractivity contribution in [1.29, 1.82) is 0 Å². The number of aromatic nitrogens is 5. The van der Waals surface area contributed by atoms with Gasteiger partial charge in [0.2, 0.25) is 0 Å². The van der Waals surface area contributed by atoms with E-state index in [4.69, 9.17) is 4.74 Å². The Morgan fingerprint density at radius 3 is 3.00 bits per heavy atom. The number of fused-ring (bicyclic) bond motifs is 2. The molecule has 0 radical (unpaired) electrons. The minimum Gasteiger partial charge on any atom is -0.456 e. The molecule has 0 aliphatic rings. The zero-order valence-electron chi connectivity index (χ0n) is 12.4. The molecule has 7 nitrogen and oxygen atoms in total. The topological polar surface area (TPSA) is 85.2 Å². The third-order valence-corrected chi connectivity index (χ3v) is 3.67. The predicted molar refractivity (Wildman–Crippen MR) is 82.9 cm³/mol. The van der Waals surface area contributed by atoms with Crippen LogP contribution < -0.4 is 0 Å². The van der Waals surface area contributed by atoms with Crippen LogP contribution >= 0.6 is 0 Å². The summed E-state index contributed by atoms with van der Waals surface area (Å²) in [7, 11) is 0. The summed E-state index contributed by atoms with van der Waals surface area (Å²) in [6.45, 7) is 2.01. The highest BCUT2D eigenvalue weighted by Gasteiger charge is 2.17. The second-order valence-electron chi connectivity index (χ2n) is 5.19. The maximum Gasteiger partial charge on any atom is 0.359 e. The molecule has 1 aromatic carbocycles. The molecule has 0 bridgehead atoms. The second kappa shape index (κ2) is 5.20. The normalized spacial score (nSPS) is 11.2. The van der Waals surface area contributed by atoms with Crippen LogP contribution in [-0.4, -0.2) is 30.8 Å². The maximum absolute atomic E-state index is 12.3. The number of H-pyrrole nitrogens is 1. The molecule has 0 amide bonds. The van der Waals surface area contributed by atoms with E-state index in [0.29, 0.717) is 5.69 Å². The Balaban J connectivity index is 1.57. The lowest BCUT2D eigenvalue weighted by molar-refractivity contribution is 0.0469. The van der Waals surface area contributed by atoms with Gasteiger partial charge in [-0.3, -0.25) is 0 Å². The van der Waals surface area contributed by atoms with Crippen LogP contribution in [-0.2, 0) is 11.3 Å². The number of benzene rings is 1. The van der Waals surface area contributed by atoms with Crippen molar-refractivity contribution >= 4 is 22.5 Å². The molecule has 114 valence electrons. The Kier molecular flexibility index (Phi) is 3.04. The highest BCUT2D eigenvalue weighted by atomic mass is 16.5. The van der Waals surface area contributed by atoms with Crippen LogP contribution in [0, 0.1) is 6.92 Å². The number of nitrogens with one attached hydrogen (secondary N) is 1. The largest absolute Gasteiger partial charge is 0.456 e. The van der Waals surface area contributed by atoms with Crippen molar-refractivity contribution in [2.75, 3.05) is 0 Å². The van der Waals surface area contributed by atoms with Crippen molar-refractivity contribution in [1.82, 2.24) is 24.8 Å². The second-order valence-corrected chi connectivity index (χ2v) is 5.19. The van der Waals surface area contributed by atoms with Crippen LogP contribution in [0.15, 0.2) is 42.6 Å². The molecule has 3 heterocycles. The fourth-order valence-corrected chi connectivity index (χ4v) is 2.53. The number of nitrogens with zero attached hydrogens (tertiary/aromatic N) is 4. The Hall–Kier alpha value is -3.22. The molecular weight excluding hydrogens is 294 g/mol. The first-order valence-electron chi connectivity index (χ1n) is 7.12. The average molecular weight is 307 g/mol. The van der Waals surface area contributed by atoms with E-state index in [2.05, 4.69) is 20.4 Å². The van der Waals surface area contributed by atoms with E-state index in [9.17, 15) is 4.79 Å². The first kappa shape index (κ1) is 13.4. The van der Waals surface area contributed by atoms with Crippen molar-refractivity contribution < 1.29 is 9.53 Å². The van der Waals surface area contributed by atoms with Gasteiger partial charge in [-0.2, -0.15) is 15.4 Å². The molecule has 7 heteroatoms. The van der Waals surface area contributed by atoms with Gasteiger partial charge in [0.1, 0.15) is 23.5 Å². The van der Waals surface area contributed by atoms with E-state index in [-0.39, 0.29) is 6.61 Å². The maximum atomic E-state index is 12.3. The number of pyridine rings is 1. The third kappa shape index (κ3) is 2.32. The van der Waals surface area contributed by atoms with Gasteiger partial charge in [0.25, 0.3) is 0 Å². The molecular formula is C16H13N5O2. The summed E-state index contributed by atoms with van der Waals surface area (Å²) in [4.78, 5) is 16.6. The average Bonchev–Trinajstić information content (AvgIpc) is 3.17. The van der Waals surface area contributed by atoms with E-state index in [1.54, 1.807) is 0 Å². The minimum atomic E-state index is -0.443. The standard InChI is InChI=1S/C16H13N5O2/c1-10-17-15(14-4-2-3-7-21(10)14)16(22)23-9-11-5-6-12-13(8-11)19-20-18-12/h2-8H,9H2,1H3,(H,18,19,20). The molecule has 0 fully saturated rings. The van der Waals surface area contributed by atoms with Crippen molar-refractivity contribution in [2.24, 2.45) is 0 Å². The zero-order valence-corrected chi connectivity index (χ0v) is 12.4. The summed E-state index contributed by atoms with van der Waals surface area (Å²) < 4.78 is 7.25. The van der Waals surface area contributed by atoms with Gasteiger partial charge in [0.05, 0.1) is 5.52 Å². The summed E-state index contributed by atoms with van der Waals surface area (Å²) in [5.41, 5.74) is 3.42. The number of hydrogen-bond donors (Lipinski definition) is 1. The molecule has 23 heavy (non-hydrogen) atoms. The Morgan fingerprint density at radius 1 is 1.22 bits per heavy atom. The van der Waals surface area contributed by atoms with Gasteiger partial charge in [-0.25, -0.2) is 9.78 Å². The lowest BCUT2D eigenvalue weighted by Crippen LogP contribution is -2.06. The molecule has 0 saturated heterocycles. The smallest absolute Gasteiger partial charge is 0.359 e. The Morgan fingerprint density at radius 2 is 2.09 bits per heavy atom. The zero-order chi connectivity index (χ0) is 15.8. The Bertz CT molecular complexity index is 1020. The number of esters is 1. The molecule has 0 atom stereocenters. The van der Waals surface area contributed by atoms with E-state index >= 15 is 0 Å². The predicted octanol–water partition coefficient (Wildman–Crippen LogP) is 2.27. The number of imidazole rings is 1. The number of ether oxygens (including phenoxy) is 1. The van der Waals surface area contributed by atoms with Crippen LogP contribution in [0.25, 0.3) is 16.6 Å². The molecule has 0 aliphatic heterocycles. The molecule has 4 aromatic rings. The monoisotopic (exact) mass is 307 g/mol. The van der Waals surface area contributed by atoms with Crippen molar-refractivity contribution in [3.05, 3.63) is 59.7 Å². The lowest BCUT2D eigenvalue weighted by atomic mass is 10.2. The SMILES string of the molecule is Cc1nc(C(=O)OCc2ccc3n[nH]nc3c2)c2ccccn12. The van der Waals surface area contributed by atoms with Gasteiger partial charge < -0.3 is 9.14 Å². The van der Waals surface area contributed by atoms with E-state index in [1.807, 2.05) is 53.9 Å². The van der Waals surface area contributed by atoms with E-state index < -0.39 is 5.97 Å². The van der Waals surface area contributed by atoms with Crippen LogP contribution in [0.1, 0.15) is 21.9 Å². The fourth-order valence-electron chi connectivity index (χ4n) is 2.53. The highest BCUT2D eigenvalue weighted by molar-refractivity contribution is 5.95. The summed E-state index contributed by atoms with van der Waals surface area (Å²) in [5.74, 6) is 0.304. The van der Waals surface area contributed by atoms with E-state index in [1.165, 1.54) is 0 Å². The summed E-state index contributed by atoms with van der Waals surface area (Å²) in [6.07, 6.45) is 1.87.